The van der Waals surface area contributed by atoms with Gasteiger partial charge in [-0.1, -0.05) is 23.2 Å². The zero-order valence-corrected chi connectivity index (χ0v) is 11.7. The van der Waals surface area contributed by atoms with Gasteiger partial charge in [0, 0.05) is 27.8 Å². The lowest BCUT2D eigenvalue weighted by atomic mass is 10.1. The van der Waals surface area contributed by atoms with Crippen LogP contribution in [0.25, 0.3) is 0 Å². The van der Waals surface area contributed by atoms with Crippen LogP contribution in [0.4, 0.5) is 10.1 Å². The molecule has 0 saturated heterocycles. The SMILES string of the molecule is O=C(O)c1ccc(F)c(CNc2cc(Cl)cc(Cl)c2)c1. The number of halogens is 3. The normalized spacial score (nSPS) is 10.3. The molecule has 0 aliphatic rings. The molecule has 6 heteroatoms. The van der Waals surface area contributed by atoms with Gasteiger partial charge in [0.2, 0.25) is 0 Å². The number of rotatable bonds is 4. The molecule has 0 bridgehead atoms. The maximum absolute atomic E-state index is 13.6. The Kier molecular flexibility index (Phi) is 4.47. The Morgan fingerprint density at radius 3 is 2.40 bits per heavy atom. The van der Waals surface area contributed by atoms with Crippen LogP contribution in [0.15, 0.2) is 36.4 Å². The predicted molar refractivity (Wildman–Crippen MR) is 77.1 cm³/mol. The molecule has 0 unspecified atom stereocenters. The molecule has 104 valence electrons. The fourth-order valence-electron chi connectivity index (χ4n) is 1.70. The van der Waals surface area contributed by atoms with E-state index in [1.165, 1.54) is 12.1 Å². The van der Waals surface area contributed by atoms with Crippen molar-refractivity contribution in [1.29, 1.82) is 0 Å². The molecule has 0 heterocycles. The molecule has 0 saturated carbocycles. The number of nitrogens with one attached hydrogen (secondary N) is 1. The zero-order valence-electron chi connectivity index (χ0n) is 10.2. The second-order valence-electron chi connectivity index (χ2n) is 4.12. The average Bonchev–Trinajstić information content (AvgIpc) is 2.36. The van der Waals surface area contributed by atoms with Gasteiger partial charge in [0.15, 0.2) is 0 Å². The van der Waals surface area contributed by atoms with Crippen molar-refractivity contribution in [3.8, 4) is 0 Å². The molecule has 0 aliphatic carbocycles. The van der Waals surface area contributed by atoms with Crippen molar-refractivity contribution < 1.29 is 14.3 Å². The molecule has 0 radical (unpaired) electrons. The molecule has 2 rings (SSSR count). The van der Waals surface area contributed by atoms with Gasteiger partial charge in [0.05, 0.1) is 5.56 Å². The third kappa shape index (κ3) is 3.62. The summed E-state index contributed by atoms with van der Waals surface area (Å²) < 4.78 is 13.6. The summed E-state index contributed by atoms with van der Waals surface area (Å²) >= 11 is 11.7. The molecule has 0 amide bonds. The van der Waals surface area contributed by atoms with Crippen LogP contribution in [0.1, 0.15) is 15.9 Å². The summed E-state index contributed by atoms with van der Waals surface area (Å²) in [7, 11) is 0. The number of hydrogen-bond donors (Lipinski definition) is 2. The van der Waals surface area contributed by atoms with Gasteiger partial charge in [-0.15, -0.1) is 0 Å². The minimum absolute atomic E-state index is 0.0346. The third-order valence-corrected chi connectivity index (χ3v) is 3.07. The Bertz CT molecular complexity index is 641. The number of carbonyl (C=O) groups is 1. The lowest BCUT2D eigenvalue weighted by Crippen LogP contribution is -2.05. The van der Waals surface area contributed by atoms with E-state index >= 15 is 0 Å². The zero-order chi connectivity index (χ0) is 14.7. The highest BCUT2D eigenvalue weighted by atomic mass is 35.5. The van der Waals surface area contributed by atoms with E-state index in [9.17, 15) is 9.18 Å². The number of aromatic carboxylic acids is 1. The largest absolute Gasteiger partial charge is 0.478 e. The van der Waals surface area contributed by atoms with E-state index in [2.05, 4.69) is 5.32 Å². The predicted octanol–water partition coefficient (Wildman–Crippen LogP) is 4.44. The molecule has 0 aromatic heterocycles. The average molecular weight is 314 g/mol. The van der Waals surface area contributed by atoms with Crippen molar-refractivity contribution in [2.45, 2.75) is 6.54 Å². The summed E-state index contributed by atoms with van der Waals surface area (Å²) in [6.07, 6.45) is 0. The summed E-state index contributed by atoms with van der Waals surface area (Å²) in [6, 6.07) is 8.51. The monoisotopic (exact) mass is 313 g/mol. The van der Waals surface area contributed by atoms with Crippen LogP contribution in [0.5, 0.6) is 0 Å². The summed E-state index contributed by atoms with van der Waals surface area (Å²) in [4.78, 5) is 10.9. The number of benzene rings is 2. The number of carboxylic acid groups (broad SMARTS) is 1. The molecule has 3 nitrogen and oxygen atoms in total. The molecule has 0 atom stereocenters. The van der Waals surface area contributed by atoms with E-state index in [1.807, 2.05) is 0 Å². The summed E-state index contributed by atoms with van der Waals surface area (Å²) in [6.45, 7) is 0.129. The Morgan fingerprint density at radius 2 is 1.80 bits per heavy atom. The van der Waals surface area contributed by atoms with Crippen molar-refractivity contribution in [2.75, 3.05) is 5.32 Å². The minimum Gasteiger partial charge on any atom is -0.478 e. The molecule has 2 N–H and O–H groups in total. The molecule has 2 aromatic rings. The number of hydrogen-bond acceptors (Lipinski definition) is 2. The maximum Gasteiger partial charge on any atom is 0.335 e. The molecule has 0 fully saturated rings. The summed E-state index contributed by atoms with van der Waals surface area (Å²) in [5.74, 6) is -1.58. The van der Waals surface area contributed by atoms with Gasteiger partial charge >= 0.3 is 5.97 Å². The third-order valence-electron chi connectivity index (χ3n) is 2.64. The summed E-state index contributed by atoms with van der Waals surface area (Å²) in [5.41, 5.74) is 0.913. The second kappa shape index (κ2) is 6.11. The van der Waals surface area contributed by atoms with Crippen LogP contribution in [0.3, 0.4) is 0 Å². The Balaban J connectivity index is 2.18. The van der Waals surface area contributed by atoms with E-state index in [-0.39, 0.29) is 17.7 Å². The minimum atomic E-state index is -1.10. The van der Waals surface area contributed by atoms with Gasteiger partial charge in [-0.3, -0.25) is 0 Å². The van der Waals surface area contributed by atoms with Gasteiger partial charge in [-0.2, -0.15) is 0 Å². The number of anilines is 1. The first-order valence-electron chi connectivity index (χ1n) is 5.67. The van der Waals surface area contributed by atoms with Crippen molar-refractivity contribution >= 4 is 34.9 Å². The lowest BCUT2D eigenvalue weighted by molar-refractivity contribution is 0.0696. The first kappa shape index (κ1) is 14.6. The summed E-state index contributed by atoms with van der Waals surface area (Å²) in [5, 5.41) is 12.7. The highest BCUT2D eigenvalue weighted by molar-refractivity contribution is 6.35. The van der Waals surface area contributed by atoms with Crippen molar-refractivity contribution in [3.05, 3.63) is 63.4 Å². The molecule has 2 aromatic carbocycles. The van der Waals surface area contributed by atoms with Gasteiger partial charge in [-0.25, -0.2) is 9.18 Å². The molecule has 0 aliphatic heterocycles. The van der Waals surface area contributed by atoms with Gasteiger partial charge in [0.25, 0.3) is 0 Å². The van der Waals surface area contributed by atoms with Crippen molar-refractivity contribution in [3.63, 3.8) is 0 Å². The Hall–Kier alpha value is -1.78. The molecule has 20 heavy (non-hydrogen) atoms. The highest BCUT2D eigenvalue weighted by Crippen LogP contribution is 2.23. The van der Waals surface area contributed by atoms with Crippen LogP contribution in [-0.4, -0.2) is 11.1 Å². The van der Waals surface area contributed by atoms with Crippen molar-refractivity contribution in [1.82, 2.24) is 0 Å². The van der Waals surface area contributed by atoms with Gasteiger partial charge in [-0.05, 0) is 36.4 Å². The maximum atomic E-state index is 13.6. The van der Waals surface area contributed by atoms with Gasteiger partial charge < -0.3 is 10.4 Å². The Labute approximate surface area is 124 Å². The second-order valence-corrected chi connectivity index (χ2v) is 5.00. The van der Waals surface area contributed by atoms with E-state index in [1.54, 1.807) is 18.2 Å². The lowest BCUT2D eigenvalue weighted by Gasteiger charge is -2.09. The van der Waals surface area contributed by atoms with Crippen molar-refractivity contribution in [2.24, 2.45) is 0 Å². The van der Waals surface area contributed by atoms with E-state index < -0.39 is 11.8 Å². The first-order chi connectivity index (χ1) is 9.45. The van der Waals surface area contributed by atoms with E-state index in [0.717, 1.165) is 6.07 Å². The van der Waals surface area contributed by atoms with E-state index in [4.69, 9.17) is 28.3 Å². The first-order valence-corrected chi connectivity index (χ1v) is 6.43. The van der Waals surface area contributed by atoms with Crippen LogP contribution in [0, 0.1) is 5.82 Å². The topological polar surface area (TPSA) is 49.3 Å². The van der Waals surface area contributed by atoms with Crippen LogP contribution < -0.4 is 5.32 Å². The fraction of sp³-hybridized carbons (Fsp3) is 0.0714. The number of carboxylic acids is 1. The Morgan fingerprint density at radius 1 is 1.15 bits per heavy atom. The molecular formula is C14H10Cl2FNO2. The standard InChI is InChI=1S/C14H10Cl2FNO2/c15-10-4-11(16)6-12(5-10)18-7-9-3-8(14(19)20)1-2-13(9)17/h1-6,18H,7H2,(H,19,20). The van der Waals surface area contributed by atoms with Crippen LogP contribution in [-0.2, 0) is 6.54 Å². The van der Waals surface area contributed by atoms with Gasteiger partial charge in [0.1, 0.15) is 5.82 Å². The smallest absolute Gasteiger partial charge is 0.335 e. The fourth-order valence-corrected chi connectivity index (χ4v) is 2.22. The quantitative estimate of drug-likeness (QED) is 0.877. The van der Waals surface area contributed by atoms with Crippen LogP contribution >= 0.6 is 23.2 Å². The highest BCUT2D eigenvalue weighted by Gasteiger charge is 2.08. The van der Waals surface area contributed by atoms with E-state index in [0.29, 0.717) is 15.7 Å². The molecule has 0 spiro atoms. The molecular weight excluding hydrogens is 304 g/mol. The van der Waals surface area contributed by atoms with Crippen LogP contribution in [0.2, 0.25) is 10.0 Å².